The number of ether oxygens (including phenoxy) is 1. The number of carbonyl (C=O) groups excluding carboxylic acids is 4. The number of amides is 3. The van der Waals surface area contributed by atoms with E-state index in [1.807, 2.05) is 39.0 Å². The van der Waals surface area contributed by atoms with Gasteiger partial charge in [-0.1, -0.05) is 44.2 Å². The average molecular weight is 408 g/mol. The zero-order valence-corrected chi connectivity index (χ0v) is 17.4. The van der Waals surface area contributed by atoms with Crippen LogP contribution >= 0.6 is 0 Å². The summed E-state index contributed by atoms with van der Waals surface area (Å²) in [4.78, 5) is 50.4. The maximum atomic E-state index is 12.6. The highest BCUT2D eigenvalue weighted by atomic mass is 16.5. The van der Waals surface area contributed by atoms with Crippen molar-refractivity contribution < 1.29 is 23.9 Å². The molecule has 3 rings (SSSR count). The van der Waals surface area contributed by atoms with Gasteiger partial charge in [0.2, 0.25) is 0 Å². The fourth-order valence-electron chi connectivity index (χ4n) is 3.37. The first-order chi connectivity index (χ1) is 14.2. The number of benzene rings is 2. The molecular weight excluding hydrogens is 384 g/mol. The van der Waals surface area contributed by atoms with Crippen LogP contribution < -0.4 is 5.32 Å². The summed E-state index contributed by atoms with van der Waals surface area (Å²) in [6.07, 6.45) is -1.09. The van der Waals surface area contributed by atoms with Gasteiger partial charge in [-0.15, -0.1) is 0 Å². The van der Waals surface area contributed by atoms with Crippen molar-refractivity contribution >= 4 is 29.4 Å². The SMILES string of the molecule is Cc1cccc(C(C)C)c1NC(=O)[C@H](C)OC(=O)CN1C(=O)c2ccccc2C1=O. The van der Waals surface area contributed by atoms with Gasteiger partial charge in [-0.2, -0.15) is 0 Å². The summed E-state index contributed by atoms with van der Waals surface area (Å²) in [6, 6.07) is 12.1. The Hall–Kier alpha value is -3.48. The van der Waals surface area contributed by atoms with Crippen LogP contribution in [-0.4, -0.2) is 41.2 Å². The number of imide groups is 1. The number of carbonyl (C=O) groups is 4. The highest BCUT2D eigenvalue weighted by molar-refractivity contribution is 6.22. The predicted octanol–water partition coefficient (Wildman–Crippen LogP) is 3.28. The molecule has 30 heavy (non-hydrogen) atoms. The van der Waals surface area contributed by atoms with E-state index in [0.29, 0.717) is 5.69 Å². The number of hydrogen-bond donors (Lipinski definition) is 1. The van der Waals surface area contributed by atoms with E-state index >= 15 is 0 Å². The standard InChI is InChI=1S/C23H24N2O5/c1-13(2)16-11-7-8-14(3)20(16)24-21(27)15(4)30-19(26)12-25-22(28)17-9-5-6-10-18(17)23(25)29/h5-11,13,15H,12H2,1-4H3,(H,24,27)/t15-/m0/s1. The lowest BCUT2D eigenvalue weighted by molar-refractivity contribution is -0.153. The summed E-state index contributed by atoms with van der Waals surface area (Å²) in [5.41, 5.74) is 3.08. The van der Waals surface area contributed by atoms with Gasteiger partial charge in [0.25, 0.3) is 17.7 Å². The molecule has 3 amide bonds. The van der Waals surface area contributed by atoms with E-state index < -0.39 is 36.3 Å². The lowest BCUT2D eigenvalue weighted by Crippen LogP contribution is -2.38. The van der Waals surface area contributed by atoms with Crippen molar-refractivity contribution in [3.63, 3.8) is 0 Å². The fraction of sp³-hybridized carbons (Fsp3) is 0.304. The summed E-state index contributed by atoms with van der Waals surface area (Å²) in [5.74, 6) is -2.22. The molecule has 0 bridgehead atoms. The Morgan fingerprint density at radius 2 is 1.57 bits per heavy atom. The van der Waals surface area contributed by atoms with Crippen LogP contribution in [0.25, 0.3) is 0 Å². The second-order valence-corrected chi connectivity index (χ2v) is 7.56. The number of rotatable bonds is 6. The summed E-state index contributed by atoms with van der Waals surface area (Å²) >= 11 is 0. The largest absolute Gasteiger partial charge is 0.451 e. The van der Waals surface area contributed by atoms with Crippen LogP contribution in [0.2, 0.25) is 0 Å². The smallest absolute Gasteiger partial charge is 0.326 e. The lowest BCUT2D eigenvalue weighted by atomic mass is 9.98. The van der Waals surface area contributed by atoms with Gasteiger partial charge in [0.15, 0.2) is 6.10 Å². The van der Waals surface area contributed by atoms with Crippen molar-refractivity contribution in [3.05, 3.63) is 64.7 Å². The van der Waals surface area contributed by atoms with E-state index in [1.165, 1.54) is 19.1 Å². The minimum atomic E-state index is -1.09. The monoisotopic (exact) mass is 408 g/mol. The maximum absolute atomic E-state index is 12.6. The van der Waals surface area contributed by atoms with Crippen LogP contribution in [0.5, 0.6) is 0 Å². The minimum Gasteiger partial charge on any atom is -0.451 e. The van der Waals surface area contributed by atoms with Crippen molar-refractivity contribution in [2.24, 2.45) is 0 Å². The van der Waals surface area contributed by atoms with Gasteiger partial charge in [-0.25, -0.2) is 0 Å². The molecule has 2 aromatic rings. The van der Waals surface area contributed by atoms with Crippen molar-refractivity contribution in [2.45, 2.75) is 39.7 Å². The second kappa shape index (κ2) is 8.49. The van der Waals surface area contributed by atoms with Crippen LogP contribution in [0.1, 0.15) is 58.5 Å². The highest BCUT2D eigenvalue weighted by Crippen LogP contribution is 2.27. The molecule has 0 radical (unpaired) electrons. The minimum absolute atomic E-state index is 0.201. The average Bonchev–Trinajstić information content (AvgIpc) is 2.94. The van der Waals surface area contributed by atoms with Crippen molar-refractivity contribution in [1.82, 2.24) is 4.90 Å². The molecule has 1 atom stereocenters. The molecule has 0 aliphatic carbocycles. The quantitative estimate of drug-likeness (QED) is 0.585. The third kappa shape index (κ3) is 4.10. The number of para-hydroxylation sites is 1. The van der Waals surface area contributed by atoms with E-state index in [0.717, 1.165) is 16.0 Å². The molecule has 7 nitrogen and oxygen atoms in total. The maximum Gasteiger partial charge on any atom is 0.326 e. The number of nitrogens with zero attached hydrogens (tertiary/aromatic N) is 1. The zero-order valence-electron chi connectivity index (χ0n) is 17.4. The fourth-order valence-corrected chi connectivity index (χ4v) is 3.37. The van der Waals surface area contributed by atoms with Crippen molar-refractivity contribution in [1.29, 1.82) is 0 Å². The lowest BCUT2D eigenvalue weighted by Gasteiger charge is -2.20. The predicted molar refractivity (Wildman–Crippen MR) is 111 cm³/mol. The Kier molecular flexibility index (Phi) is 6.01. The third-order valence-corrected chi connectivity index (χ3v) is 5.02. The van der Waals surface area contributed by atoms with Crippen LogP contribution in [0, 0.1) is 6.92 Å². The number of anilines is 1. The zero-order chi connectivity index (χ0) is 22.0. The Morgan fingerprint density at radius 1 is 0.967 bits per heavy atom. The molecule has 1 aliphatic rings. The second-order valence-electron chi connectivity index (χ2n) is 7.56. The molecule has 2 aromatic carbocycles. The van der Waals surface area contributed by atoms with Crippen LogP contribution in [0.3, 0.4) is 0 Å². The molecular formula is C23H24N2O5. The van der Waals surface area contributed by atoms with E-state index in [1.54, 1.807) is 12.1 Å². The van der Waals surface area contributed by atoms with Crippen LogP contribution in [0.15, 0.2) is 42.5 Å². The number of aryl methyl sites for hydroxylation is 1. The first-order valence-corrected chi connectivity index (χ1v) is 9.75. The normalized spacial score (nSPS) is 14.0. The number of hydrogen-bond acceptors (Lipinski definition) is 5. The Morgan fingerprint density at radius 3 is 2.13 bits per heavy atom. The van der Waals surface area contributed by atoms with Gasteiger partial charge in [0, 0.05) is 5.69 Å². The van der Waals surface area contributed by atoms with Gasteiger partial charge in [-0.3, -0.25) is 24.1 Å². The molecule has 156 valence electrons. The van der Waals surface area contributed by atoms with Crippen LogP contribution in [-0.2, 0) is 14.3 Å². The number of esters is 1. The number of nitrogens with one attached hydrogen (secondary N) is 1. The van der Waals surface area contributed by atoms with Crippen molar-refractivity contribution in [2.75, 3.05) is 11.9 Å². The Bertz CT molecular complexity index is 993. The van der Waals surface area contributed by atoms with E-state index in [9.17, 15) is 19.2 Å². The third-order valence-electron chi connectivity index (χ3n) is 5.02. The molecule has 1 N–H and O–H groups in total. The van der Waals surface area contributed by atoms with Crippen molar-refractivity contribution in [3.8, 4) is 0 Å². The molecule has 0 saturated heterocycles. The molecule has 0 saturated carbocycles. The molecule has 0 aromatic heterocycles. The molecule has 0 unspecified atom stereocenters. The van der Waals surface area contributed by atoms with Gasteiger partial charge in [0.05, 0.1) is 11.1 Å². The van der Waals surface area contributed by atoms with Gasteiger partial charge in [0.1, 0.15) is 6.54 Å². The summed E-state index contributed by atoms with van der Waals surface area (Å²) in [6.45, 7) is 6.83. The van der Waals surface area contributed by atoms with E-state index in [4.69, 9.17) is 4.74 Å². The van der Waals surface area contributed by atoms with Gasteiger partial charge in [-0.05, 0) is 43.0 Å². The Labute approximate surface area is 175 Å². The van der Waals surface area contributed by atoms with Gasteiger partial charge >= 0.3 is 5.97 Å². The molecule has 1 aliphatic heterocycles. The molecule has 0 fully saturated rings. The first kappa shape index (κ1) is 21.2. The molecule has 1 heterocycles. The first-order valence-electron chi connectivity index (χ1n) is 9.75. The molecule has 7 heteroatoms. The van der Waals surface area contributed by atoms with Gasteiger partial charge < -0.3 is 10.1 Å². The van der Waals surface area contributed by atoms with E-state index in [2.05, 4.69) is 5.32 Å². The van der Waals surface area contributed by atoms with E-state index in [-0.39, 0.29) is 17.0 Å². The number of fused-ring (bicyclic) bond motifs is 1. The highest BCUT2D eigenvalue weighted by Gasteiger charge is 2.37. The topological polar surface area (TPSA) is 92.8 Å². The molecule has 0 spiro atoms. The Balaban J connectivity index is 1.64. The summed E-state index contributed by atoms with van der Waals surface area (Å²) < 4.78 is 5.18. The summed E-state index contributed by atoms with van der Waals surface area (Å²) in [7, 11) is 0. The summed E-state index contributed by atoms with van der Waals surface area (Å²) in [5, 5.41) is 2.83. The van der Waals surface area contributed by atoms with Crippen LogP contribution in [0.4, 0.5) is 5.69 Å².